The number of rotatable bonds is 9. The van der Waals surface area contributed by atoms with Crippen molar-refractivity contribution in [3.05, 3.63) is 28.7 Å². The largest absolute Gasteiger partial charge is 0.383 e. The Morgan fingerprint density at radius 1 is 1.17 bits per heavy atom. The fourth-order valence-corrected chi connectivity index (χ4v) is 3.56. The van der Waals surface area contributed by atoms with Gasteiger partial charge in [0.25, 0.3) is 0 Å². The zero-order valence-electron chi connectivity index (χ0n) is 17.2. The van der Waals surface area contributed by atoms with Crippen LogP contribution in [0.4, 0.5) is 5.13 Å². The van der Waals surface area contributed by atoms with Gasteiger partial charge in [0.1, 0.15) is 5.01 Å². The number of aromatic nitrogens is 2. The van der Waals surface area contributed by atoms with Crippen molar-refractivity contribution in [2.45, 2.75) is 33.6 Å². The van der Waals surface area contributed by atoms with E-state index in [0.717, 1.165) is 15.0 Å². The average Bonchev–Trinajstić information content (AvgIpc) is 3.09. The lowest BCUT2D eigenvalue weighted by atomic mass is 9.91. The predicted molar refractivity (Wildman–Crippen MR) is 119 cm³/mol. The second-order valence-corrected chi connectivity index (χ2v) is 9.72. The van der Waals surface area contributed by atoms with Crippen molar-refractivity contribution in [2.75, 3.05) is 32.1 Å². The molecule has 0 spiro atoms. The first-order chi connectivity index (χ1) is 13.7. The highest BCUT2D eigenvalue weighted by atomic mass is 79.9. The van der Waals surface area contributed by atoms with E-state index in [1.54, 1.807) is 12.0 Å². The number of ether oxygens (including phenoxy) is 1. The molecule has 0 aliphatic carbocycles. The molecule has 0 saturated carbocycles. The summed E-state index contributed by atoms with van der Waals surface area (Å²) < 4.78 is 6.08. The number of nitrogens with one attached hydrogen (secondary N) is 1. The van der Waals surface area contributed by atoms with E-state index in [9.17, 15) is 9.59 Å². The van der Waals surface area contributed by atoms with Crippen molar-refractivity contribution < 1.29 is 14.3 Å². The molecule has 0 aliphatic rings. The number of hydrogen-bond acceptors (Lipinski definition) is 6. The van der Waals surface area contributed by atoms with Crippen LogP contribution in [-0.2, 0) is 14.3 Å². The molecule has 29 heavy (non-hydrogen) atoms. The number of amides is 2. The summed E-state index contributed by atoms with van der Waals surface area (Å²) in [4.78, 5) is 26.6. The average molecular weight is 483 g/mol. The highest BCUT2D eigenvalue weighted by Crippen LogP contribution is 2.27. The molecule has 0 fully saturated rings. The van der Waals surface area contributed by atoms with Crippen molar-refractivity contribution >= 4 is 44.2 Å². The molecule has 1 heterocycles. The van der Waals surface area contributed by atoms with E-state index in [1.165, 1.54) is 11.3 Å². The van der Waals surface area contributed by atoms with Crippen molar-refractivity contribution in [1.29, 1.82) is 0 Å². The molecule has 1 aromatic carbocycles. The van der Waals surface area contributed by atoms with Crippen molar-refractivity contribution in [1.82, 2.24) is 15.1 Å². The summed E-state index contributed by atoms with van der Waals surface area (Å²) in [6.45, 7) is 7.29. The highest BCUT2D eigenvalue weighted by molar-refractivity contribution is 9.10. The van der Waals surface area contributed by atoms with Gasteiger partial charge in [-0.2, -0.15) is 0 Å². The molecule has 0 atom stereocenters. The van der Waals surface area contributed by atoms with E-state index < -0.39 is 0 Å². The Morgan fingerprint density at radius 3 is 2.48 bits per heavy atom. The molecule has 1 aromatic heterocycles. The lowest BCUT2D eigenvalue weighted by Crippen LogP contribution is -2.38. The van der Waals surface area contributed by atoms with Gasteiger partial charge in [0.05, 0.1) is 6.61 Å². The molecule has 0 bridgehead atoms. The Bertz CT molecular complexity index is 818. The summed E-state index contributed by atoms with van der Waals surface area (Å²) in [5.74, 6) is -0.176. The van der Waals surface area contributed by atoms with Gasteiger partial charge in [-0.3, -0.25) is 9.59 Å². The minimum Gasteiger partial charge on any atom is -0.383 e. The number of anilines is 1. The van der Waals surface area contributed by atoms with Crippen LogP contribution in [0.15, 0.2) is 28.7 Å². The maximum atomic E-state index is 12.5. The Labute approximate surface area is 184 Å². The van der Waals surface area contributed by atoms with Crippen LogP contribution in [0.25, 0.3) is 10.6 Å². The third-order valence-corrected chi connectivity index (χ3v) is 5.39. The molecule has 2 rings (SSSR count). The van der Waals surface area contributed by atoms with E-state index in [0.29, 0.717) is 31.2 Å². The lowest BCUT2D eigenvalue weighted by molar-refractivity contribution is -0.134. The van der Waals surface area contributed by atoms with Crippen LogP contribution in [0.5, 0.6) is 0 Å². The zero-order valence-corrected chi connectivity index (χ0v) is 19.6. The number of hydrogen-bond donors (Lipinski definition) is 1. The van der Waals surface area contributed by atoms with Crippen LogP contribution in [0.1, 0.15) is 33.6 Å². The van der Waals surface area contributed by atoms with Gasteiger partial charge < -0.3 is 15.0 Å². The summed E-state index contributed by atoms with van der Waals surface area (Å²) in [6.07, 6.45) is 0.609. The first-order valence-corrected chi connectivity index (χ1v) is 10.9. The second-order valence-electron chi connectivity index (χ2n) is 7.83. The Morgan fingerprint density at radius 2 is 1.86 bits per heavy atom. The SMILES string of the molecule is COCCN(CCC(=O)Nc1nnc(-c2ccc(Br)cc2)s1)C(=O)CC(C)(C)C. The summed E-state index contributed by atoms with van der Waals surface area (Å²) in [5.41, 5.74) is 0.824. The fourth-order valence-electron chi connectivity index (χ4n) is 2.53. The standard InChI is InChI=1S/C20H27BrN4O3S/c1-20(2,3)13-17(27)25(11-12-28-4)10-9-16(26)22-19-24-23-18(29-19)14-5-7-15(21)8-6-14/h5-8H,9-13H2,1-4H3,(H,22,24,26). The molecule has 9 heteroatoms. The highest BCUT2D eigenvalue weighted by Gasteiger charge is 2.22. The van der Waals surface area contributed by atoms with E-state index in [4.69, 9.17) is 4.74 Å². The number of benzene rings is 1. The van der Waals surface area contributed by atoms with Gasteiger partial charge in [-0.25, -0.2) is 0 Å². The summed E-state index contributed by atoms with van der Waals surface area (Å²) >= 11 is 4.71. The minimum absolute atomic E-state index is 0.0239. The second kappa shape index (κ2) is 10.8. The van der Waals surface area contributed by atoms with E-state index in [1.807, 2.05) is 45.0 Å². The molecular formula is C20H27BrN4O3S. The topological polar surface area (TPSA) is 84.4 Å². The zero-order chi connectivity index (χ0) is 21.4. The third-order valence-electron chi connectivity index (χ3n) is 3.97. The maximum Gasteiger partial charge on any atom is 0.227 e. The van der Waals surface area contributed by atoms with Gasteiger partial charge in [-0.05, 0) is 17.5 Å². The molecule has 158 valence electrons. The van der Waals surface area contributed by atoms with Gasteiger partial charge in [0, 0.05) is 43.1 Å². The van der Waals surface area contributed by atoms with Gasteiger partial charge in [-0.1, -0.05) is 60.2 Å². The molecule has 7 nitrogen and oxygen atoms in total. The van der Waals surface area contributed by atoms with E-state index in [2.05, 4.69) is 31.4 Å². The predicted octanol–water partition coefficient (Wildman–Crippen LogP) is 4.21. The molecule has 2 amide bonds. The summed E-state index contributed by atoms with van der Waals surface area (Å²) in [5, 5.41) is 12.1. The maximum absolute atomic E-state index is 12.5. The van der Waals surface area contributed by atoms with Gasteiger partial charge in [0.15, 0.2) is 0 Å². The Kier molecular flexibility index (Phi) is 8.73. The van der Waals surface area contributed by atoms with Crippen LogP contribution in [0.3, 0.4) is 0 Å². The number of carbonyl (C=O) groups is 2. The van der Waals surface area contributed by atoms with Crippen LogP contribution in [0.2, 0.25) is 0 Å². The number of carbonyl (C=O) groups excluding carboxylic acids is 2. The first kappa shape index (κ1) is 23.4. The van der Waals surface area contributed by atoms with Crippen molar-refractivity contribution in [3.63, 3.8) is 0 Å². The van der Waals surface area contributed by atoms with Crippen LogP contribution in [0, 0.1) is 5.41 Å². The van der Waals surface area contributed by atoms with E-state index in [-0.39, 0.29) is 23.7 Å². The monoisotopic (exact) mass is 482 g/mol. The smallest absolute Gasteiger partial charge is 0.227 e. The van der Waals surface area contributed by atoms with Crippen molar-refractivity contribution in [2.24, 2.45) is 5.41 Å². The van der Waals surface area contributed by atoms with E-state index >= 15 is 0 Å². The quantitative estimate of drug-likeness (QED) is 0.578. The van der Waals surface area contributed by atoms with Crippen LogP contribution >= 0.6 is 27.3 Å². The minimum atomic E-state index is -0.200. The normalized spacial score (nSPS) is 11.3. The summed E-state index contributed by atoms with van der Waals surface area (Å²) in [6, 6.07) is 7.73. The Hall–Kier alpha value is -1.84. The van der Waals surface area contributed by atoms with Gasteiger partial charge >= 0.3 is 0 Å². The lowest BCUT2D eigenvalue weighted by Gasteiger charge is -2.26. The molecule has 0 aliphatic heterocycles. The summed E-state index contributed by atoms with van der Waals surface area (Å²) in [7, 11) is 1.59. The number of methoxy groups -OCH3 is 1. The van der Waals surface area contributed by atoms with Gasteiger partial charge in [0.2, 0.25) is 16.9 Å². The van der Waals surface area contributed by atoms with Crippen molar-refractivity contribution in [3.8, 4) is 10.6 Å². The number of nitrogens with zero attached hydrogens (tertiary/aromatic N) is 3. The Balaban J connectivity index is 1.91. The third kappa shape index (κ3) is 8.20. The molecule has 0 unspecified atom stereocenters. The molecular weight excluding hydrogens is 456 g/mol. The molecule has 0 radical (unpaired) electrons. The number of halogens is 1. The molecule has 1 N–H and O–H groups in total. The fraction of sp³-hybridized carbons (Fsp3) is 0.500. The molecule has 0 saturated heterocycles. The molecule has 2 aromatic rings. The first-order valence-electron chi connectivity index (χ1n) is 9.34. The van der Waals surface area contributed by atoms with Gasteiger partial charge in [-0.15, -0.1) is 10.2 Å². The van der Waals surface area contributed by atoms with Crippen LogP contribution < -0.4 is 5.32 Å². The van der Waals surface area contributed by atoms with Crippen LogP contribution in [-0.4, -0.2) is 53.7 Å².